The summed E-state index contributed by atoms with van der Waals surface area (Å²) in [5, 5.41) is 17.3. The zero-order valence-corrected chi connectivity index (χ0v) is 26.4. The first-order valence-corrected chi connectivity index (χ1v) is 14.6. The van der Waals surface area contributed by atoms with Gasteiger partial charge in [0.25, 0.3) is 0 Å². The predicted octanol–water partition coefficient (Wildman–Crippen LogP) is 3.32. The van der Waals surface area contributed by atoms with Crippen molar-refractivity contribution in [3.8, 4) is 17.2 Å². The van der Waals surface area contributed by atoms with Gasteiger partial charge in [0, 0.05) is 24.2 Å². The molecule has 14 heteroatoms. The lowest BCUT2D eigenvalue weighted by atomic mass is 9.96. The van der Waals surface area contributed by atoms with Gasteiger partial charge in [-0.25, -0.2) is 9.48 Å². The van der Waals surface area contributed by atoms with Crippen LogP contribution in [0.15, 0.2) is 42.7 Å². The smallest absolute Gasteiger partial charge is 0.410 e. The number of rotatable bonds is 10. The minimum atomic E-state index is -0.889. The van der Waals surface area contributed by atoms with Gasteiger partial charge in [0.2, 0.25) is 11.8 Å². The van der Waals surface area contributed by atoms with Gasteiger partial charge in [-0.05, 0) is 98.3 Å². The number of hydrogen-bond acceptors (Lipinski definition) is 9. The number of carbonyl (C=O) groups is 3. The van der Waals surface area contributed by atoms with Gasteiger partial charge in [-0.15, -0.1) is 5.10 Å². The molecule has 1 aliphatic heterocycles. The number of nitrogens with one attached hydrogen (secondary N) is 2. The molecule has 44 heavy (non-hydrogen) atoms. The summed E-state index contributed by atoms with van der Waals surface area (Å²) in [6.45, 7) is 7.32. The van der Waals surface area contributed by atoms with E-state index in [2.05, 4.69) is 26.2 Å². The summed E-state index contributed by atoms with van der Waals surface area (Å²) in [7, 11) is 3.16. The molecular weight excluding hydrogens is 590 g/mol. The average molecular weight is 628 g/mol. The van der Waals surface area contributed by atoms with Gasteiger partial charge < -0.3 is 24.8 Å². The Morgan fingerprint density at radius 3 is 2.41 bits per heavy atom. The van der Waals surface area contributed by atoms with Crippen molar-refractivity contribution in [1.29, 1.82) is 0 Å². The van der Waals surface area contributed by atoms with Crippen LogP contribution in [0.3, 0.4) is 0 Å². The number of amides is 3. The van der Waals surface area contributed by atoms with E-state index in [0.29, 0.717) is 47.2 Å². The first kappa shape index (κ1) is 32.5. The van der Waals surface area contributed by atoms with Gasteiger partial charge in [0.1, 0.15) is 35.5 Å². The topological polar surface area (TPSA) is 150 Å². The highest BCUT2D eigenvalue weighted by molar-refractivity contribution is 6.30. The van der Waals surface area contributed by atoms with E-state index in [1.54, 1.807) is 66.2 Å². The Hall–Kier alpha value is -4.39. The minimum absolute atomic E-state index is 0.0493. The van der Waals surface area contributed by atoms with Crippen molar-refractivity contribution in [2.24, 2.45) is 5.92 Å². The second-order valence-electron chi connectivity index (χ2n) is 11.7. The van der Waals surface area contributed by atoms with E-state index < -0.39 is 35.6 Å². The van der Waals surface area contributed by atoms with E-state index in [0.717, 1.165) is 5.56 Å². The van der Waals surface area contributed by atoms with Crippen molar-refractivity contribution in [2.75, 3.05) is 20.8 Å². The van der Waals surface area contributed by atoms with Crippen LogP contribution in [0.1, 0.15) is 45.2 Å². The summed E-state index contributed by atoms with van der Waals surface area (Å²) in [6, 6.07) is 9.04. The number of hydrogen-bond donors (Lipinski definition) is 2. The molecule has 3 amide bonds. The van der Waals surface area contributed by atoms with Crippen molar-refractivity contribution in [3.63, 3.8) is 0 Å². The molecule has 1 aromatic heterocycles. The zero-order chi connectivity index (χ0) is 32.0. The number of methoxy groups -OCH3 is 2. The molecule has 2 heterocycles. The van der Waals surface area contributed by atoms with Crippen LogP contribution in [-0.2, 0) is 27.3 Å². The molecule has 13 nitrogen and oxygen atoms in total. The number of carbonyl (C=O) groups excluding carboxylic acids is 3. The van der Waals surface area contributed by atoms with Crippen LogP contribution in [-0.4, -0.2) is 81.5 Å². The molecule has 236 valence electrons. The number of halogens is 1. The average Bonchev–Trinajstić information content (AvgIpc) is 3.65. The monoisotopic (exact) mass is 627 g/mol. The quantitative estimate of drug-likeness (QED) is 0.345. The molecule has 0 unspecified atom stereocenters. The normalized spacial score (nSPS) is 17.1. The van der Waals surface area contributed by atoms with E-state index in [1.807, 2.05) is 12.1 Å². The van der Waals surface area contributed by atoms with Crippen molar-refractivity contribution in [2.45, 2.75) is 64.8 Å². The molecule has 3 aromatic rings. The van der Waals surface area contributed by atoms with E-state index in [9.17, 15) is 14.4 Å². The molecule has 0 aliphatic carbocycles. The summed E-state index contributed by atoms with van der Waals surface area (Å²) in [5.41, 5.74) is 1.53. The summed E-state index contributed by atoms with van der Waals surface area (Å²) >= 11 is 6.18. The summed E-state index contributed by atoms with van der Waals surface area (Å²) < 4.78 is 17.9. The molecule has 2 aromatic carbocycles. The van der Waals surface area contributed by atoms with Crippen molar-refractivity contribution < 1.29 is 28.6 Å². The lowest BCUT2D eigenvalue weighted by Crippen LogP contribution is -2.52. The Labute approximate surface area is 261 Å². The maximum Gasteiger partial charge on any atom is 0.410 e. The van der Waals surface area contributed by atoms with Crippen LogP contribution in [0.5, 0.6) is 11.5 Å². The molecule has 2 N–H and O–H groups in total. The third kappa shape index (κ3) is 8.37. The SMILES string of the molecule is COc1cc(C[C@H]2C[C@H](C(=O)N[C@@H](C)C(=O)NCc3cc(Cl)ccc3-n3cnnn3)N(C(=O)OC(C)(C)C)C2)cc(OC)c1. The maximum atomic E-state index is 13.5. The van der Waals surface area contributed by atoms with Crippen molar-refractivity contribution in [1.82, 2.24) is 35.7 Å². The Bertz CT molecular complexity index is 1450. The largest absolute Gasteiger partial charge is 0.497 e. The van der Waals surface area contributed by atoms with Crippen LogP contribution in [0, 0.1) is 5.92 Å². The van der Waals surface area contributed by atoms with E-state index >= 15 is 0 Å². The third-order valence-electron chi connectivity index (χ3n) is 7.10. The molecule has 0 bridgehead atoms. The molecule has 1 saturated heterocycles. The van der Waals surface area contributed by atoms with Gasteiger partial charge in [-0.3, -0.25) is 14.5 Å². The first-order chi connectivity index (χ1) is 20.9. The molecule has 3 atom stereocenters. The van der Waals surface area contributed by atoms with Gasteiger partial charge in [-0.1, -0.05) is 11.6 Å². The van der Waals surface area contributed by atoms with Crippen molar-refractivity contribution in [3.05, 3.63) is 58.9 Å². The second-order valence-corrected chi connectivity index (χ2v) is 12.1. The molecule has 4 rings (SSSR count). The molecule has 1 aliphatic rings. The molecular formula is C30H38ClN7O6. The van der Waals surface area contributed by atoms with Gasteiger partial charge in [0.15, 0.2) is 0 Å². The first-order valence-electron chi connectivity index (χ1n) is 14.2. The highest BCUT2D eigenvalue weighted by Crippen LogP contribution is 2.31. The highest BCUT2D eigenvalue weighted by atomic mass is 35.5. The van der Waals surface area contributed by atoms with E-state index in [-0.39, 0.29) is 12.5 Å². The standard InChI is InChI=1S/C30H38ClN7O6/c1-18(27(39)32-15-21-13-22(31)7-8-25(21)38-17-33-35-36-38)34-28(40)26-12-20(16-37(26)29(41)44-30(2,3)4)9-19-10-23(42-5)14-24(11-19)43-6/h7-8,10-11,13-14,17-18,20,26H,9,12,15-16H2,1-6H3,(H,32,39)(H,34,40)/t18-,20-,26+/m0/s1. The summed E-state index contributed by atoms with van der Waals surface area (Å²) in [6.07, 6.45) is 1.82. The lowest BCUT2D eigenvalue weighted by molar-refractivity contribution is -0.131. The van der Waals surface area contributed by atoms with Crippen LogP contribution in [0.4, 0.5) is 4.79 Å². The summed E-state index contributed by atoms with van der Waals surface area (Å²) in [4.78, 5) is 41.2. The highest BCUT2D eigenvalue weighted by Gasteiger charge is 2.42. The number of tetrazole rings is 1. The number of aromatic nitrogens is 4. The number of benzene rings is 2. The zero-order valence-electron chi connectivity index (χ0n) is 25.7. The van der Waals surface area contributed by atoms with Gasteiger partial charge in [-0.2, -0.15) is 0 Å². The van der Waals surface area contributed by atoms with Crippen molar-refractivity contribution >= 4 is 29.5 Å². The number of likely N-dealkylation sites (tertiary alicyclic amines) is 1. The number of nitrogens with zero attached hydrogens (tertiary/aromatic N) is 5. The van der Waals surface area contributed by atoms with E-state index in [1.165, 1.54) is 15.9 Å². The fourth-order valence-electron chi connectivity index (χ4n) is 5.06. The molecule has 1 fully saturated rings. The molecule has 0 saturated carbocycles. The van der Waals surface area contributed by atoms with E-state index in [4.69, 9.17) is 25.8 Å². The third-order valence-corrected chi connectivity index (χ3v) is 7.33. The minimum Gasteiger partial charge on any atom is -0.497 e. The van der Waals surface area contributed by atoms with Crippen LogP contribution >= 0.6 is 11.6 Å². The lowest BCUT2D eigenvalue weighted by Gasteiger charge is -2.28. The Morgan fingerprint density at radius 1 is 1.09 bits per heavy atom. The fraction of sp³-hybridized carbons (Fsp3) is 0.467. The van der Waals surface area contributed by atoms with Crippen LogP contribution in [0.2, 0.25) is 5.02 Å². The maximum absolute atomic E-state index is 13.5. The number of ether oxygens (including phenoxy) is 3. The van der Waals surface area contributed by atoms with Crippen LogP contribution < -0.4 is 20.1 Å². The summed E-state index contributed by atoms with van der Waals surface area (Å²) in [5.74, 6) is 0.396. The molecule has 0 spiro atoms. The Balaban J connectivity index is 1.44. The second kappa shape index (κ2) is 13.9. The van der Waals surface area contributed by atoms with Gasteiger partial charge in [0.05, 0.1) is 19.9 Å². The fourth-order valence-corrected chi connectivity index (χ4v) is 5.26. The predicted molar refractivity (Wildman–Crippen MR) is 162 cm³/mol. The van der Waals surface area contributed by atoms with Gasteiger partial charge >= 0.3 is 6.09 Å². The van der Waals surface area contributed by atoms with Crippen LogP contribution in [0.25, 0.3) is 5.69 Å². The molecule has 0 radical (unpaired) electrons. The Morgan fingerprint density at radius 2 is 1.80 bits per heavy atom. The Kier molecular flexibility index (Phi) is 10.3.